The Morgan fingerprint density at radius 3 is 3.19 bits per heavy atom. The molecule has 1 fully saturated rings. The van der Waals surface area contributed by atoms with Crippen molar-refractivity contribution in [2.75, 3.05) is 13.2 Å². The first-order chi connectivity index (χ1) is 7.60. The second-order valence-electron chi connectivity index (χ2n) is 4.00. The van der Waals surface area contributed by atoms with Gasteiger partial charge in [0, 0.05) is 12.0 Å². The highest BCUT2D eigenvalue weighted by atomic mass is 32.1. The summed E-state index contributed by atoms with van der Waals surface area (Å²) in [4.78, 5) is 16.1. The minimum Gasteiger partial charge on any atom is -0.379 e. The van der Waals surface area contributed by atoms with Gasteiger partial charge in [0.25, 0.3) is 0 Å². The zero-order valence-electron chi connectivity index (χ0n) is 9.16. The van der Waals surface area contributed by atoms with Crippen LogP contribution in [0.5, 0.6) is 0 Å². The fraction of sp³-hybridized carbons (Fsp3) is 0.600. The molecule has 1 aromatic heterocycles. The van der Waals surface area contributed by atoms with Crippen LogP contribution < -0.4 is 11.1 Å². The highest BCUT2D eigenvalue weighted by molar-refractivity contribution is 7.09. The lowest BCUT2D eigenvalue weighted by Gasteiger charge is -2.20. The molecule has 1 aromatic rings. The van der Waals surface area contributed by atoms with Gasteiger partial charge in [-0.1, -0.05) is 0 Å². The van der Waals surface area contributed by atoms with Crippen molar-refractivity contribution >= 4 is 17.2 Å². The van der Waals surface area contributed by atoms with Gasteiger partial charge < -0.3 is 15.8 Å². The molecular weight excluding hydrogens is 226 g/mol. The van der Waals surface area contributed by atoms with E-state index in [9.17, 15) is 4.79 Å². The number of nitrogens with two attached hydrogens (primary N) is 1. The number of aryl methyl sites for hydroxylation is 1. The van der Waals surface area contributed by atoms with Gasteiger partial charge in [0.05, 0.1) is 23.9 Å². The Morgan fingerprint density at radius 2 is 2.62 bits per heavy atom. The van der Waals surface area contributed by atoms with E-state index in [1.54, 1.807) is 11.3 Å². The molecule has 0 bridgehead atoms. The van der Waals surface area contributed by atoms with Crippen LogP contribution in [0.2, 0.25) is 0 Å². The third kappa shape index (κ3) is 2.40. The van der Waals surface area contributed by atoms with Gasteiger partial charge >= 0.3 is 0 Å². The molecule has 1 aliphatic rings. The van der Waals surface area contributed by atoms with Crippen LogP contribution in [-0.4, -0.2) is 29.6 Å². The summed E-state index contributed by atoms with van der Waals surface area (Å²) in [7, 11) is 0. The summed E-state index contributed by atoms with van der Waals surface area (Å²) < 4.78 is 5.14. The Balaban J connectivity index is 1.88. The molecule has 1 saturated heterocycles. The zero-order valence-corrected chi connectivity index (χ0v) is 9.97. The Morgan fingerprint density at radius 1 is 1.81 bits per heavy atom. The second kappa shape index (κ2) is 4.48. The van der Waals surface area contributed by atoms with E-state index in [1.165, 1.54) is 0 Å². The minimum atomic E-state index is -0.856. The van der Waals surface area contributed by atoms with Crippen LogP contribution in [0, 0.1) is 6.92 Å². The van der Waals surface area contributed by atoms with Crippen molar-refractivity contribution in [2.24, 2.45) is 5.73 Å². The Bertz CT molecular complexity index is 385. The highest BCUT2D eigenvalue weighted by Crippen LogP contribution is 2.15. The van der Waals surface area contributed by atoms with Gasteiger partial charge in [-0.25, -0.2) is 4.98 Å². The number of aromatic nitrogens is 1. The van der Waals surface area contributed by atoms with Gasteiger partial charge in [0.1, 0.15) is 5.54 Å². The van der Waals surface area contributed by atoms with Gasteiger partial charge in [-0.2, -0.15) is 0 Å². The van der Waals surface area contributed by atoms with E-state index in [0.29, 0.717) is 26.2 Å². The topological polar surface area (TPSA) is 77.2 Å². The molecule has 2 rings (SSSR count). The molecule has 0 saturated carbocycles. The maximum Gasteiger partial charge on any atom is 0.242 e. The van der Waals surface area contributed by atoms with E-state index in [-0.39, 0.29) is 5.91 Å². The highest BCUT2D eigenvalue weighted by Gasteiger charge is 2.37. The number of nitrogens with one attached hydrogen (secondary N) is 1. The summed E-state index contributed by atoms with van der Waals surface area (Å²) in [6.07, 6.45) is 0.578. The number of rotatable bonds is 3. The Kier molecular flexibility index (Phi) is 3.22. The van der Waals surface area contributed by atoms with Gasteiger partial charge in [0.15, 0.2) is 0 Å². The molecule has 16 heavy (non-hydrogen) atoms. The number of thiazole rings is 1. The summed E-state index contributed by atoms with van der Waals surface area (Å²) in [5.74, 6) is -0.157. The predicted octanol–water partition coefficient (Wildman–Crippen LogP) is 0.186. The lowest BCUT2D eigenvalue weighted by atomic mass is 9.99. The first-order valence-corrected chi connectivity index (χ1v) is 6.04. The zero-order chi connectivity index (χ0) is 11.6. The van der Waals surface area contributed by atoms with Gasteiger partial charge in [-0.05, 0) is 13.3 Å². The van der Waals surface area contributed by atoms with E-state index in [2.05, 4.69) is 10.3 Å². The molecule has 1 atom stereocenters. The number of nitrogens with zero attached hydrogens (tertiary/aromatic N) is 1. The molecule has 1 aliphatic heterocycles. The largest absolute Gasteiger partial charge is 0.379 e. The van der Waals surface area contributed by atoms with Crippen LogP contribution in [0.4, 0.5) is 0 Å². The lowest BCUT2D eigenvalue weighted by Crippen LogP contribution is -2.54. The molecule has 2 heterocycles. The van der Waals surface area contributed by atoms with Crippen LogP contribution in [0.1, 0.15) is 17.1 Å². The van der Waals surface area contributed by atoms with Crippen LogP contribution >= 0.6 is 11.3 Å². The third-order valence-electron chi connectivity index (χ3n) is 2.60. The third-order valence-corrected chi connectivity index (χ3v) is 3.42. The van der Waals surface area contributed by atoms with Crippen molar-refractivity contribution in [2.45, 2.75) is 25.4 Å². The number of amides is 1. The SMILES string of the molecule is Cc1nc(CNC(=O)C2(N)CCOC2)cs1. The van der Waals surface area contributed by atoms with Crippen molar-refractivity contribution in [3.8, 4) is 0 Å². The molecule has 0 spiro atoms. The van der Waals surface area contributed by atoms with E-state index in [1.807, 2.05) is 12.3 Å². The van der Waals surface area contributed by atoms with E-state index < -0.39 is 5.54 Å². The standard InChI is InChI=1S/C10H15N3O2S/c1-7-13-8(5-16-7)4-12-9(14)10(11)2-3-15-6-10/h5H,2-4,6,11H2,1H3,(H,12,14). The predicted molar refractivity (Wildman–Crippen MR) is 61.1 cm³/mol. The first-order valence-electron chi connectivity index (χ1n) is 5.16. The Labute approximate surface area is 98.0 Å². The number of carbonyl (C=O) groups is 1. The quantitative estimate of drug-likeness (QED) is 0.791. The first kappa shape index (κ1) is 11.5. The number of hydrogen-bond donors (Lipinski definition) is 2. The van der Waals surface area contributed by atoms with Crippen LogP contribution in [0.25, 0.3) is 0 Å². The van der Waals surface area contributed by atoms with Gasteiger partial charge in [0.2, 0.25) is 5.91 Å². The van der Waals surface area contributed by atoms with Crippen molar-refractivity contribution in [3.63, 3.8) is 0 Å². The number of ether oxygens (including phenoxy) is 1. The molecule has 1 amide bonds. The molecule has 6 heteroatoms. The van der Waals surface area contributed by atoms with Crippen molar-refractivity contribution < 1.29 is 9.53 Å². The van der Waals surface area contributed by atoms with Crippen molar-refractivity contribution in [1.29, 1.82) is 0 Å². The molecule has 5 nitrogen and oxygen atoms in total. The monoisotopic (exact) mass is 241 g/mol. The van der Waals surface area contributed by atoms with E-state index in [4.69, 9.17) is 10.5 Å². The fourth-order valence-corrected chi connectivity index (χ4v) is 2.21. The molecule has 3 N–H and O–H groups in total. The maximum absolute atomic E-state index is 11.8. The summed E-state index contributed by atoms with van der Waals surface area (Å²) in [5.41, 5.74) is 5.93. The summed E-state index contributed by atoms with van der Waals surface area (Å²) in [6.45, 7) is 3.22. The normalized spacial score (nSPS) is 24.6. The van der Waals surface area contributed by atoms with Crippen LogP contribution in [-0.2, 0) is 16.1 Å². The molecule has 0 aliphatic carbocycles. The number of carbonyl (C=O) groups excluding carboxylic acids is 1. The van der Waals surface area contributed by atoms with Gasteiger partial charge in [-0.15, -0.1) is 11.3 Å². The molecule has 1 unspecified atom stereocenters. The molecule has 88 valence electrons. The lowest BCUT2D eigenvalue weighted by molar-refractivity contribution is -0.126. The summed E-state index contributed by atoms with van der Waals surface area (Å²) in [6, 6.07) is 0. The van der Waals surface area contributed by atoms with Crippen LogP contribution in [0.3, 0.4) is 0 Å². The van der Waals surface area contributed by atoms with E-state index >= 15 is 0 Å². The molecular formula is C10H15N3O2S. The smallest absolute Gasteiger partial charge is 0.242 e. The minimum absolute atomic E-state index is 0.157. The Hall–Kier alpha value is -0.980. The average molecular weight is 241 g/mol. The fourth-order valence-electron chi connectivity index (χ4n) is 1.60. The van der Waals surface area contributed by atoms with Crippen LogP contribution in [0.15, 0.2) is 5.38 Å². The molecule has 0 radical (unpaired) electrons. The number of hydrogen-bond acceptors (Lipinski definition) is 5. The second-order valence-corrected chi connectivity index (χ2v) is 5.06. The van der Waals surface area contributed by atoms with E-state index in [0.717, 1.165) is 10.7 Å². The average Bonchev–Trinajstić information content (AvgIpc) is 2.85. The summed E-state index contributed by atoms with van der Waals surface area (Å²) in [5, 5.41) is 5.73. The van der Waals surface area contributed by atoms with Crippen molar-refractivity contribution in [1.82, 2.24) is 10.3 Å². The van der Waals surface area contributed by atoms with Gasteiger partial charge in [-0.3, -0.25) is 4.79 Å². The summed E-state index contributed by atoms with van der Waals surface area (Å²) >= 11 is 1.57. The molecule has 0 aromatic carbocycles. The maximum atomic E-state index is 11.8. The van der Waals surface area contributed by atoms with Crippen molar-refractivity contribution in [3.05, 3.63) is 16.1 Å².